The standard InChI is InChI=1S/C14H17N3O3S2/c1-4-20-12(18)10-7-11(9(3)16-8(10)2)17-13(19)22-14-15-5-6-21-14/h7H,4-6H2,1-3H3,(H,17,19). The monoisotopic (exact) mass is 339 g/mol. The molecule has 1 aliphatic heterocycles. The van der Waals surface area contributed by atoms with Gasteiger partial charge in [-0.1, -0.05) is 11.8 Å². The number of anilines is 1. The summed E-state index contributed by atoms with van der Waals surface area (Å²) >= 11 is 2.62. The number of carbonyl (C=O) groups excluding carboxylic acids is 2. The maximum absolute atomic E-state index is 12.0. The molecule has 0 aliphatic carbocycles. The van der Waals surface area contributed by atoms with E-state index in [1.807, 2.05) is 0 Å². The van der Waals surface area contributed by atoms with Crippen molar-refractivity contribution in [3.63, 3.8) is 0 Å². The van der Waals surface area contributed by atoms with Crippen molar-refractivity contribution in [2.24, 2.45) is 4.99 Å². The normalized spacial score (nSPS) is 13.7. The number of pyridine rings is 1. The van der Waals surface area contributed by atoms with Gasteiger partial charge < -0.3 is 10.1 Å². The number of hydrogen-bond acceptors (Lipinski definition) is 7. The minimum atomic E-state index is -0.439. The van der Waals surface area contributed by atoms with E-state index >= 15 is 0 Å². The molecule has 0 radical (unpaired) electrons. The van der Waals surface area contributed by atoms with Crippen LogP contribution in [0.4, 0.5) is 10.5 Å². The van der Waals surface area contributed by atoms with E-state index in [0.29, 0.717) is 29.2 Å². The van der Waals surface area contributed by atoms with Gasteiger partial charge in [0.15, 0.2) is 0 Å². The molecule has 0 saturated carbocycles. The molecule has 1 aromatic rings. The smallest absolute Gasteiger partial charge is 0.340 e. The van der Waals surface area contributed by atoms with Gasteiger partial charge >= 0.3 is 5.97 Å². The number of esters is 1. The first-order valence-corrected chi connectivity index (χ1v) is 8.63. The average molecular weight is 339 g/mol. The molecule has 1 N–H and O–H groups in total. The fraction of sp³-hybridized carbons (Fsp3) is 0.429. The Labute approximate surface area is 137 Å². The highest BCUT2D eigenvalue weighted by Gasteiger charge is 2.17. The molecule has 6 nitrogen and oxygen atoms in total. The number of aliphatic imine (C=N–C) groups is 1. The molecule has 118 valence electrons. The molecule has 1 amide bonds. The summed E-state index contributed by atoms with van der Waals surface area (Å²) in [5.74, 6) is 0.472. The third-order valence-electron chi connectivity index (χ3n) is 2.87. The number of rotatable bonds is 3. The Hall–Kier alpha value is -1.54. The first-order valence-electron chi connectivity index (χ1n) is 6.82. The number of hydrogen-bond donors (Lipinski definition) is 1. The zero-order chi connectivity index (χ0) is 16.1. The fourth-order valence-electron chi connectivity index (χ4n) is 1.86. The van der Waals surface area contributed by atoms with Crippen molar-refractivity contribution in [1.82, 2.24) is 4.98 Å². The second kappa shape index (κ2) is 7.64. The number of nitrogens with zero attached hydrogens (tertiary/aromatic N) is 2. The van der Waals surface area contributed by atoms with E-state index in [9.17, 15) is 9.59 Å². The molecule has 0 saturated heterocycles. The highest BCUT2D eigenvalue weighted by Crippen LogP contribution is 2.25. The Balaban J connectivity index is 2.14. The molecule has 2 rings (SSSR count). The van der Waals surface area contributed by atoms with E-state index in [1.54, 1.807) is 38.6 Å². The number of aryl methyl sites for hydroxylation is 2. The molecule has 1 aromatic heterocycles. The van der Waals surface area contributed by atoms with Gasteiger partial charge in [-0.15, -0.1) is 0 Å². The first-order chi connectivity index (χ1) is 10.5. The van der Waals surface area contributed by atoms with Crippen molar-refractivity contribution in [2.75, 3.05) is 24.2 Å². The third kappa shape index (κ3) is 4.23. The fourth-order valence-corrected chi connectivity index (χ4v) is 3.59. The lowest BCUT2D eigenvalue weighted by Gasteiger charge is -2.11. The zero-order valence-corrected chi connectivity index (χ0v) is 14.3. The summed E-state index contributed by atoms with van der Waals surface area (Å²) in [4.78, 5) is 32.4. The van der Waals surface area contributed by atoms with Crippen LogP contribution in [-0.2, 0) is 4.74 Å². The minimum absolute atomic E-state index is 0.239. The summed E-state index contributed by atoms with van der Waals surface area (Å²) in [6, 6.07) is 1.61. The highest BCUT2D eigenvalue weighted by atomic mass is 32.2. The van der Waals surface area contributed by atoms with Crippen molar-refractivity contribution in [3.8, 4) is 0 Å². The summed E-state index contributed by atoms with van der Waals surface area (Å²) in [5, 5.41) is 2.52. The summed E-state index contributed by atoms with van der Waals surface area (Å²) < 4.78 is 5.76. The van der Waals surface area contributed by atoms with Crippen LogP contribution in [0.15, 0.2) is 11.1 Å². The number of nitrogens with one attached hydrogen (secondary N) is 1. The summed E-state index contributed by atoms with van der Waals surface area (Å²) in [5.41, 5.74) is 2.10. The van der Waals surface area contributed by atoms with Gasteiger partial charge in [-0.3, -0.25) is 14.8 Å². The summed E-state index contributed by atoms with van der Waals surface area (Å²) in [6.45, 7) is 6.31. The van der Waals surface area contributed by atoms with Gasteiger partial charge in [0.25, 0.3) is 5.24 Å². The van der Waals surface area contributed by atoms with Crippen LogP contribution in [0.25, 0.3) is 0 Å². The molecule has 8 heteroatoms. The van der Waals surface area contributed by atoms with Crippen molar-refractivity contribution in [3.05, 3.63) is 23.0 Å². The van der Waals surface area contributed by atoms with E-state index in [0.717, 1.165) is 28.4 Å². The molecule has 0 unspecified atom stereocenters. The summed E-state index contributed by atoms with van der Waals surface area (Å²) in [7, 11) is 0. The molecule has 2 heterocycles. The topological polar surface area (TPSA) is 80.6 Å². The van der Waals surface area contributed by atoms with Gasteiger partial charge in [0.05, 0.1) is 35.8 Å². The molecule has 0 atom stereocenters. The lowest BCUT2D eigenvalue weighted by Crippen LogP contribution is -2.13. The minimum Gasteiger partial charge on any atom is -0.462 e. The largest absolute Gasteiger partial charge is 0.462 e. The van der Waals surface area contributed by atoms with Gasteiger partial charge in [-0.25, -0.2) is 4.79 Å². The molecular formula is C14H17N3O3S2. The van der Waals surface area contributed by atoms with Gasteiger partial charge in [0, 0.05) is 5.75 Å². The van der Waals surface area contributed by atoms with E-state index in [4.69, 9.17) is 4.74 Å². The van der Waals surface area contributed by atoms with E-state index in [1.165, 1.54) is 0 Å². The first kappa shape index (κ1) is 16.8. The Kier molecular flexibility index (Phi) is 5.84. The number of thioether (sulfide) groups is 2. The second-order valence-corrected chi connectivity index (χ2v) is 6.79. The van der Waals surface area contributed by atoms with Crippen LogP contribution >= 0.6 is 23.5 Å². The molecule has 0 aromatic carbocycles. The molecule has 0 bridgehead atoms. The quantitative estimate of drug-likeness (QED) is 0.852. The van der Waals surface area contributed by atoms with Crippen molar-refractivity contribution in [1.29, 1.82) is 0 Å². The van der Waals surface area contributed by atoms with Gasteiger partial charge in [-0.2, -0.15) is 0 Å². The van der Waals surface area contributed by atoms with Gasteiger partial charge in [0.2, 0.25) is 0 Å². The van der Waals surface area contributed by atoms with Crippen LogP contribution in [0.3, 0.4) is 0 Å². The lowest BCUT2D eigenvalue weighted by atomic mass is 10.1. The van der Waals surface area contributed by atoms with Crippen molar-refractivity contribution >= 4 is 44.8 Å². The second-order valence-electron chi connectivity index (χ2n) is 4.49. The van der Waals surface area contributed by atoms with Crippen LogP contribution in [0.2, 0.25) is 0 Å². The van der Waals surface area contributed by atoms with E-state index < -0.39 is 5.97 Å². The van der Waals surface area contributed by atoms with Crippen LogP contribution in [0.5, 0.6) is 0 Å². The van der Waals surface area contributed by atoms with E-state index in [-0.39, 0.29) is 5.24 Å². The van der Waals surface area contributed by atoms with Crippen molar-refractivity contribution in [2.45, 2.75) is 20.8 Å². The predicted octanol–water partition coefficient (Wildman–Crippen LogP) is 3.24. The summed E-state index contributed by atoms with van der Waals surface area (Å²) in [6.07, 6.45) is 0. The Morgan fingerprint density at radius 1 is 1.41 bits per heavy atom. The maximum atomic E-state index is 12.0. The van der Waals surface area contributed by atoms with Gasteiger partial charge in [0.1, 0.15) is 4.38 Å². The average Bonchev–Trinajstić information content (AvgIpc) is 2.94. The molecule has 22 heavy (non-hydrogen) atoms. The predicted molar refractivity (Wildman–Crippen MR) is 91.0 cm³/mol. The van der Waals surface area contributed by atoms with Crippen LogP contribution in [0, 0.1) is 13.8 Å². The highest BCUT2D eigenvalue weighted by molar-refractivity contribution is 8.45. The number of aromatic nitrogens is 1. The van der Waals surface area contributed by atoms with Crippen molar-refractivity contribution < 1.29 is 14.3 Å². The molecule has 1 aliphatic rings. The van der Waals surface area contributed by atoms with Crippen LogP contribution in [-0.4, -0.2) is 39.5 Å². The molecule has 0 spiro atoms. The third-order valence-corrected chi connectivity index (χ3v) is 4.83. The SMILES string of the molecule is CCOC(=O)c1cc(NC(=O)SC2=NCCS2)c(C)nc1C. The Morgan fingerprint density at radius 3 is 2.82 bits per heavy atom. The number of ether oxygens (including phenoxy) is 1. The maximum Gasteiger partial charge on any atom is 0.340 e. The molecular weight excluding hydrogens is 322 g/mol. The van der Waals surface area contributed by atoms with E-state index in [2.05, 4.69) is 15.3 Å². The number of amides is 1. The number of carbonyl (C=O) groups is 2. The van der Waals surface area contributed by atoms with Crippen LogP contribution in [0.1, 0.15) is 28.7 Å². The Morgan fingerprint density at radius 2 is 2.18 bits per heavy atom. The lowest BCUT2D eigenvalue weighted by molar-refractivity contribution is 0.0525. The zero-order valence-electron chi connectivity index (χ0n) is 12.6. The van der Waals surface area contributed by atoms with Gasteiger partial charge in [-0.05, 0) is 38.6 Å². The molecule has 0 fully saturated rings. The van der Waals surface area contributed by atoms with Crippen LogP contribution < -0.4 is 5.32 Å². The Bertz CT molecular complexity index is 632.